The zero-order valence-corrected chi connectivity index (χ0v) is 11.6. The first-order valence-electron chi connectivity index (χ1n) is 6.77. The highest BCUT2D eigenvalue weighted by Crippen LogP contribution is 2.20. The monoisotopic (exact) mass is 260 g/mol. The van der Waals surface area contributed by atoms with Crippen LogP contribution in [0.15, 0.2) is 0 Å². The number of rotatable bonds is 3. The van der Waals surface area contributed by atoms with Gasteiger partial charge in [-0.25, -0.2) is 0 Å². The molecule has 2 saturated heterocycles. The fourth-order valence-corrected chi connectivity index (χ4v) is 2.90. The van der Waals surface area contributed by atoms with Gasteiger partial charge in [0.05, 0.1) is 0 Å². The maximum Gasteiger partial charge on any atom is 0.222 e. The van der Waals surface area contributed by atoms with Gasteiger partial charge in [-0.2, -0.15) is 0 Å². The van der Waals surface area contributed by atoms with Gasteiger partial charge in [-0.1, -0.05) is 0 Å². The number of hydrogen-bond acceptors (Lipinski definition) is 2. The normalized spacial score (nSPS) is 28.9. The van der Waals surface area contributed by atoms with Gasteiger partial charge in [-0.3, -0.25) is 4.79 Å². The largest absolute Gasteiger partial charge is 0.340 e. The van der Waals surface area contributed by atoms with Gasteiger partial charge < -0.3 is 10.2 Å². The van der Waals surface area contributed by atoms with Gasteiger partial charge in [0.25, 0.3) is 0 Å². The Morgan fingerprint density at radius 3 is 2.82 bits per heavy atom. The van der Waals surface area contributed by atoms with E-state index in [-0.39, 0.29) is 12.4 Å². The van der Waals surface area contributed by atoms with Crippen LogP contribution < -0.4 is 5.32 Å². The molecule has 0 bridgehead atoms. The van der Waals surface area contributed by atoms with Crippen molar-refractivity contribution >= 4 is 18.3 Å². The van der Waals surface area contributed by atoms with E-state index in [2.05, 4.69) is 17.1 Å². The molecule has 2 unspecified atom stereocenters. The molecule has 0 radical (unpaired) electrons. The number of carbonyl (C=O) groups excluding carboxylic acids is 1. The van der Waals surface area contributed by atoms with Crippen LogP contribution in [0.2, 0.25) is 0 Å². The van der Waals surface area contributed by atoms with Crippen LogP contribution in [0.3, 0.4) is 0 Å². The number of hydrogen-bond donors (Lipinski definition) is 1. The van der Waals surface area contributed by atoms with Gasteiger partial charge >= 0.3 is 0 Å². The van der Waals surface area contributed by atoms with Crippen LogP contribution >= 0.6 is 12.4 Å². The molecular weight excluding hydrogens is 236 g/mol. The van der Waals surface area contributed by atoms with Crippen LogP contribution in [0.5, 0.6) is 0 Å². The summed E-state index contributed by atoms with van der Waals surface area (Å²) in [5.74, 6) is 1.13. The first-order chi connectivity index (χ1) is 7.77. The number of amides is 1. The lowest BCUT2D eigenvalue weighted by Gasteiger charge is -2.33. The Hall–Kier alpha value is -0.280. The van der Waals surface area contributed by atoms with Crippen molar-refractivity contribution in [2.24, 2.45) is 5.92 Å². The first-order valence-corrected chi connectivity index (χ1v) is 6.77. The second-order valence-corrected chi connectivity index (χ2v) is 5.33. The molecule has 100 valence electrons. The van der Waals surface area contributed by atoms with E-state index in [9.17, 15) is 4.79 Å². The third-order valence-electron chi connectivity index (χ3n) is 4.05. The summed E-state index contributed by atoms with van der Waals surface area (Å²) in [4.78, 5) is 14.2. The summed E-state index contributed by atoms with van der Waals surface area (Å²) in [6.45, 7) is 5.43. The zero-order valence-electron chi connectivity index (χ0n) is 10.8. The van der Waals surface area contributed by atoms with Gasteiger partial charge in [0.15, 0.2) is 0 Å². The van der Waals surface area contributed by atoms with E-state index in [1.165, 1.54) is 25.7 Å². The molecule has 0 saturated carbocycles. The summed E-state index contributed by atoms with van der Waals surface area (Å²) in [5.41, 5.74) is 0. The number of carbonyl (C=O) groups is 1. The molecule has 0 aromatic heterocycles. The maximum atomic E-state index is 12.1. The van der Waals surface area contributed by atoms with Crippen LogP contribution in [-0.4, -0.2) is 36.5 Å². The van der Waals surface area contributed by atoms with Crippen molar-refractivity contribution in [3.8, 4) is 0 Å². The van der Waals surface area contributed by atoms with E-state index in [0.717, 1.165) is 38.4 Å². The Morgan fingerprint density at radius 1 is 1.35 bits per heavy atom. The van der Waals surface area contributed by atoms with Gasteiger partial charge in [0, 0.05) is 19.0 Å². The van der Waals surface area contributed by atoms with Crippen LogP contribution in [0.4, 0.5) is 0 Å². The van der Waals surface area contributed by atoms with Crippen molar-refractivity contribution in [1.29, 1.82) is 0 Å². The third-order valence-corrected chi connectivity index (χ3v) is 4.05. The van der Waals surface area contributed by atoms with Crippen molar-refractivity contribution < 1.29 is 4.79 Å². The fourth-order valence-electron chi connectivity index (χ4n) is 2.90. The van der Waals surface area contributed by atoms with E-state index in [4.69, 9.17) is 0 Å². The van der Waals surface area contributed by atoms with Crippen molar-refractivity contribution in [3.63, 3.8) is 0 Å². The molecule has 1 amide bonds. The minimum atomic E-state index is 0. The third kappa shape index (κ3) is 4.14. The average molecular weight is 261 g/mol. The highest BCUT2D eigenvalue weighted by atomic mass is 35.5. The molecule has 0 aromatic carbocycles. The van der Waals surface area contributed by atoms with Gasteiger partial charge in [0.2, 0.25) is 5.91 Å². The molecule has 4 heteroatoms. The van der Waals surface area contributed by atoms with Gasteiger partial charge in [-0.15, -0.1) is 12.4 Å². The number of piperidine rings is 1. The van der Waals surface area contributed by atoms with E-state index < -0.39 is 0 Å². The molecule has 3 nitrogen and oxygen atoms in total. The summed E-state index contributed by atoms with van der Waals surface area (Å²) < 4.78 is 0. The summed E-state index contributed by atoms with van der Waals surface area (Å²) in [6, 6.07) is 0.475. The Morgan fingerprint density at radius 2 is 2.18 bits per heavy atom. The zero-order chi connectivity index (χ0) is 11.4. The highest BCUT2D eigenvalue weighted by molar-refractivity contribution is 5.85. The molecule has 17 heavy (non-hydrogen) atoms. The number of halogens is 1. The molecule has 0 aromatic rings. The lowest BCUT2D eigenvalue weighted by Crippen LogP contribution is -2.42. The van der Waals surface area contributed by atoms with Crippen LogP contribution in [0.1, 0.15) is 45.4 Å². The standard InChI is InChI=1S/C13H24N2O.ClH/c1-11-4-2-3-9-15(11)13(16)6-5-12-7-8-14-10-12;/h11-12,14H,2-10H2,1H3;1H. The van der Waals surface area contributed by atoms with Crippen LogP contribution in [-0.2, 0) is 4.79 Å². The van der Waals surface area contributed by atoms with E-state index in [1.54, 1.807) is 0 Å². The second kappa shape index (κ2) is 7.22. The van der Waals surface area contributed by atoms with E-state index >= 15 is 0 Å². The summed E-state index contributed by atoms with van der Waals surface area (Å²) in [5, 5.41) is 3.36. The number of nitrogens with zero attached hydrogens (tertiary/aromatic N) is 1. The van der Waals surface area contributed by atoms with Crippen LogP contribution in [0.25, 0.3) is 0 Å². The second-order valence-electron chi connectivity index (χ2n) is 5.33. The lowest BCUT2D eigenvalue weighted by molar-refractivity contribution is -0.134. The Balaban J connectivity index is 0.00000144. The summed E-state index contributed by atoms with van der Waals surface area (Å²) >= 11 is 0. The van der Waals surface area contributed by atoms with Crippen molar-refractivity contribution in [3.05, 3.63) is 0 Å². The molecular formula is C13H25ClN2O. The molecule has 1 N–H and O–H groups in total. The SMILES string of the molecule is CC1CCCCN1C(=O)CCC1CCNC1.Cl. The van der Waals surface area contributed by atoms with Crippen molar-refractivity contribution in [1.82, 2.24) is 10.2 Å². The fraction of sp³-hybridized carbons (Fsp3) is 0.923. The number of likely N-dealkylation sites (tertiary alicyclic amines) is 1. The highest BCUT2D eigenvalue weighted by Gasteiger charge is 2.24. The van der Waals surface area contributed by atoms with Gasteiger partial charge in [-0.05, 0) is 58.0 Å². The smallest absolute Gasteiger partial charge is 0.222 e. The molecule has 2 heterocycles. The molecule has 2 atom stereocenters. The molecule has 2 rings (SSSR count). The minimum absolute atomic E-state index is 0. The maximum absolute atomic E-state index is 12.1. The summed E-state index contributed by atoms with van der Waals surface area (Å²) in [6.07, 6.45) is 6.77. The van der Waals surface area contributed by atoms with Gasteiger partial charge in [0.1, 0.15) is 0 Å². The molecule has 0 aliphatic carbocycles. The molecule has 2 fully saturated rings. The minimum Gasteiger partial charge on any atom is -0.340 e. The van der Waals surface area contributed by atoms with Crippen molar-refractivity contribution in [2.45, 2.75) is 51.5 Å². The molecule has 2 aliphatic heterocycles. The quantitative estimate of drug-likeness (QED) is 0.844. The first kappa shape index (κ1) is 14.8. The lowest BCUT2D eigenvalue weighted by atomic mass is 9.99. The predicted octanol–water partition coefficient (Wildman–Crippen LogP) is 2.20. The Labute approximate surface area is 111 Å². The molecule has 0 spiro atoms. The predicted molar refractivity (Wildman–Crippen MR) is 72.5 cm³/mol. The number of nitrogens with one attached hydrogen (secondary N) is 1. The Bertz CT molecular complexity index is 242. The van der Waals surface area contributed by atoms with E-state index in [1.807, 2.05) is 0 Å². The topological polar surface area (TPSA) is 32.3 Å². The van der Waals surface area contributed by atoms with Crippen molar-refractivity contribution in [2.75, 3.05) is 19.6 Å². The average Bonchev–Trinajstić information content (AvgIpc) is 2.79. The van der Waals surface area contributed by atoms with E-state index in [0.29, 0.717) is 11.9 Å². The van der Waals surface area contributed by atoms with Crippen LogP contribution in [0, 0.1) is 5.92 Å². The Kier molecular flexibility index (Phi) is 6.28. The summed E-state index contributed by atoms with van der Waals surface area (Å²) in [7, 11) is 0. The molecule has 2 aliphatic rings.